The molecule has 2 aliphatic rings. The van der Waals surface area contributed by atoms with Crippen LogP contribution in [0.2, 0.25) is 0 Å². The number of carbonyl (C=O) groups excluding carboxylic acids is 1. The molecule has 2 heterocycles. The molecule has 2 aliphatic heterocycles. The molecule has 1 spiro atoms. The number of likely N-dealkylation sites (tertiary alicyclic amines) is 1. The van der Waals surface area contributed by atoms with Crippen molar-refractivity contribution < 1.29 is 13.6 Å². The summed E-state index contributed by atoms with van der Waals surface area (Å²) < 4.78 is 27.8. The van der Waals surface area contributed by atoms with Gasteiger partial charge in [0.1, 0.15) is 11.6 Å². The number of amides is 1. The zero-order valence-electron chi connectivity index (χ0n) is 14.6. The number of carbonyl (C=O) groups is 1. The van der Waals surface area contributed by atoms with Gasteiger partial charge in [0.2, 0.25) is 5.91 Å². The van der Waals surface area contributed by atoms with E-state index in [4.69, 9.17) is 0 Å². The first-order chi connectivity index (χ1) is 12.6. The molecule has 5 heteroatoms. The summed E-state index contributed by atoms with van der Waals surface area (Å²) in [6.45, 7) is 2.13. The molecule has 1 fully saturated rings. The molecule has 3 nitrogen and oxygen atoms in total. The van der Waals surface area contributed by atoms with Gasteiger partial charge < -0.3 is 5.32 Å². The van der Waals surface area contributed by atoms with E-state index in [1.165, 1.54) is 29.3 Å². The van der Waals surface area contributed by atoms with E-state index in [-0.39, 0.29) is 18.0 Å². The molecule has 136 valence electrons. The first kappa shape index (κ1) is 17.2. The maximum atomic E-state index is 13.9. The molecule has 0 atom stereocenters. The Morgan fingerprint density at radius 3 is 2.31 bits per heavy atom. The van der Waals surface area contributed by atoms with Gasteiger partial charge >= 0.3 is 0 Å². The lowest BCUT2D eigenvalue weighted by molar-refractivity contribution is -0.133. The summed E-state index contributed by atoms with van der Waals surface area (Å²) in [5.41, 5.74) is 2.09. The zero-order chi connectivity index (χ0) is 18.1. The van der Waals surface area contributed by atoms with Crippen molar-refractivity contribution in [3.8, 4) is 0 Å². The van der Waals surface area contributed by atoms with Crippen LogP contribution in [0, 0.1) is 17.0 Å². The summed E-state index contributed by atoms with van der Waals surface area (Å²) in [5.74, 6) is -0.914. The van der Waals surface area contributed by atoms with Crippen LogP contribution < -0.4 is 5.32 Å². The van der Waals surface area contributed by atoms with E-state index < -0.39 is 17.0 Å². The fraction of sp³-hybridized carbons (Fsp3) is 0.381. The Morgan fingerprint density at radius 2 is 1.62 bits per heavy atom. The molecule has 0 bridgehead atoms. The first-order valence-electron chi connectivity index (χ1n) is 9.08. The number of benzene rings is 2. The standard InChI is InChI=1S/C21H22F2N2O/c22-18-6-3-7-19(23)17(18)14-25-10-8-21(9-11-25)12-15-4-1-2-5-16(15)13-24-20(21)26/h1-7H,8-14H2,(H,24,26). The third kappa shape index (κ3) is 3.12. The molecule has 0 saturated carbocycles. The van der Waals surface area contributed by atoms with E-state index in [1.807, 2.05) is 17.0 Å². The Hall–Kier alpha value is -2.27. The predicted molar refractivity (Wildman–Crippen MR) is 95.3 cm³/mol. The Bertz CT molecular complexity index is 808. The smallest absolute Gasteiger partial charge is 0.226 e. The van der Waals surface area contributed by atoms with Crippen molar-refractivity contribution in [1.29, 1.82) is 0 Å². The number of nitrogens with one attached hydrogen (secondary N) is 1. The Labute approximate surface area is 152 Å². The average molecular weight is 356 g/mol. The Kier molecular flexibility index (Phi) is 4.49. The summed E-state index contributed by atoms with van der Waals surface area (Å²) in [4.78, 5) is 14.8. The van der Waals surface area contributed by atoms with Gasteiger partial charge in [0, 0.05) is 18.7 Å². The maximum Gasteiger partial charge on any atom is 0.226 e. The fourth-order valence-corrected chi connectivity index (χ4v) is 4.16. The monoisotopic (exact) mass is 356 g/mol. The van der Waals surface area contributed by atoms with Crippen molar-refractivity contribution in [1.82, 2.24) is 10.2 Å². The quantitative estimate of drug-likeness (QED) is 0.894. The predicted octanol–water partition coefficient (Wildman–Crippen LogP) is 3.42. The fourth-order valence-electron chi connectivity index (χ4n) is 4.16. The van der Waals surface area contributed by atoms with E-state index in [0.717, 1.165) is 6.42 Å². The lowest BCUT2D eigenvalue weighted by Crippen LogP contribution is -2.48. The normalized spacial score (nSPS) is 19.7. The lowest BCUT2D eigenvalue weighted by Gasteiger charge is -2.40. The topological polar surface area (TPSA) is 32.3 Å². The van der Waals surface area contributed by atoms with Gasteiger partial charge in [0.15, 0.2) is 0 Å². The van der Waals surface area contributed by atoms with Crippen LogP contribution in [0.1, 0.15) is 29.5 Å². The minimum Gasteiger partial charge on any atom is -0.352 e. The number of nitrogens with zero attached hydrogens (tertiary/aromatic N) is 1. The molecule has 1 amide bonds. The summed E-state index contributed by atoms with van der Waals surface area (Å²) in [5, 5.41) is 3.07. The number of halogens is 2. The summed E-state index contributed by atoms with van der Waals surface area (Å²) in [7, 11) is 0. The molecule has 0 aromatic heterocycles. The lowest BCUT2D eigenvalue weighted by atomic mass is 9.73. The molecule has 26 heavy (non-hydrogen) atoms. The van der Waals surface area contributed by atoms with Gasteiger partial charge in [-0.05, 0) is 55.6 Å². The second-order valence-electron chi connectivity index (χ2n) is 7.38. The first-order valence-corrected chi connectivity index (χ1v) is 9.08. The zero-order valence-corrected chi connectivity index (χ0v) is 14.6. The summed E-state index contributed by atoms with van der Waals surface area (Å²) in [6, 6.07) is 12.1. The van der Waals surface area contributed by atoms with Crippen molar-refractivity contribution in [3.63, 3.8) is 0 Å². The van der Waals surface area contributed by atoms with Crippen LogP contribution in [-0.4, -0.2) is 23.9 Å². The van der Waals surface area contributed by atoms with Gasteiger partial charge in [-0.3, -0.25) is 9.69 Å². The Balaban J connectivity index is 1.49. The van der Waals surface area contributed by atoms with Crippen molar-refractivity contribution in [2.75, 3.05) is 13.1 Å². The number of piperidine rings is 1. The largest absolute Gasteiger partial charge is 0.352 e. The molecule has 0 radical (unpaired) electrons. The van der Waals surface area contributed by atoms with E-state index in [2.05, 4.69) is 17.4 Å². The van der Waals surface area contributed by atoms with E-state index in [9.17, 15) is 13.6 Å². The van der Waals surface area contributed by atoms with Gasteiger partial charge in [0.05, 0.1) is 5.41 Å². The van der Waals surface area contributed by atoms with Crippen LogP contribution in [0.25, 0.3) is 0 Å². The molecular weight excluding hydrogens is 334 g/mol. The molecule has 4 rings (SSSR count). The number of fused-ring (bicyclic) bond motifs is 1. The second kappa shape index (κ2) is 6.80. The minimum atomic E-state index is -0.508. The number of hydrogen-bond acceptors (Lipinski definition) is 2. The third-order valence-electron chi connectivity index (χ3n) is 5.82. The number of rotatable bonds is 2. The van der Waals surface area contributed by atoms with Crippen LogP contribution in [0.4, 0.5) is 8.78 Å². The van der Waals surface area contributed by atoms with Crippen molar-refractivity contribution >= 4 is 5.91 Å². The van der Waals surface area contributed by atoms with Gasteiger partial charge in [-0.2, -0.15) is 0 Å². The van der Waals surface area contributed by atoms with E-state index in [0.29, 0.717) is 32.5 Å². The maximum absolute atomic E-state index is 13.9. The molecule has 2 aromatic carbocycles. The van der Waals surface area contributed by atoms with Gasteiger partial charge in [-0.15, -0.1) is 0 Å². The molecule has 0 unspecified atom stereocenters. The van der Waals surface area contributed by atoms with Crippen LogP contribution in [-0.2, 0) is 24.3 Å². The van der Waals surface area contributed by atoms with Crippen molar-refractivity contribution in [3.05, 3.63) is 70.8 Å². The van der Waals surface area contributed by atoms with Crippen LogP contribution in [0.15, 0.2) is 42.5 Å². The molecular formula is C21H22F2N2O. The molecule has 0 aliphatic carbocycles. The average Bonchev–Trinajstić information content (AvgIpc) is 2.78. The highest BCUT2D eigenvalue weighted by molar-refractivity contribution is 5.83. The van der Waals surface area contributed by atoms with Gasteiger partial charge in [0.25, 0.3) is 0 Å². The van der Waals surface area contributed by atoms with Crippen LogP contribution >= 0.6 is 0 Å². The third-order valence-corrected chi connectivity index (χ3v) is 5.82. The highest BCUT2D eigenvalue weighted by Gasteiger charge is 2.43. The Morgan fingerprint density at radius 1 is 0.962 bits per heavy atom. The van der Waals surface area contributed by atoms with Crippen LogP contribution in [0.5, 0.6) is 0 Å². The second-order valence-corrected chi connectivity index (χ2v) is 7.38. The molecule has 2 aromatic rings. The highest BCUT2D eigenvalue weighted by Crippen LogP contribution is 2.38. The SMILES string of the molecule is O=C1NCc2ccccc2CC12CCN(Cc1c(F)cccc1F)CC2. The molecule has 1 N–H and O–H groups in total. The summed E-state index contributed by atoms with van der Waals surface area (Å²) >= 11 is 0. The summed E-state index contributed by atoms with van der Waals surface area (Å²) in [6.07, 6.45) is 2.13. The number of hydrogen-bond donors (Lipinski definition) is 1. The highest BCUT2D eigenvalue weighted by atomic mass is 19.1. The van der Waals surface area contributed by atoms with Gasteiger partial charge in [-0.1, -0.05) is 30.3 Å². The van der Waals surface area contributed by atoms with Crippen molar-refractivity contribution in [2.45, 2.75) is 32.4 Å². The van der Waals surface area contributed by atoms with Crippen LogP contribution in [0.3, 0.4) is 0 Å². The minimum absolute atomic E-state index is 0.102. The molecule has 1 saturated heterocycles. The van der Waals surface area contributed by atoms with Gasteiger partial charge in [-0.25, -0.2) is 8.78 Å². The van der Waals surface area contributed by atoms with E-state index >= 15 is 0 Å². The van der Waals surface area contributed by atoms with Crippen molar-refractivity contribution in [2.24, 2.45) is 5.41 Å². The van der Waals surface area contributed by atoms with E-state index in [1.54, 1.807) is 0 Å².